The third-order valence-corrected chi connectivity index (χ3v) is 6.45. The van der Waals surface area contributed by atoms with Crippen LogP contribution in [0.15, 0.2) is 41.2 Å². The predicted octanol–water partition coefficient (Wildman–Crippen LogP) is 3.46. The molecule has 1 aliphatic rings. The Hall–Kier alpha value is -3.39. The van der Waals surface area contributed by atoms with Crippen LogP contribution < -0.4 is 15.8 Å². The first-order valence-electron chi connectivity index (χ1n) is 11.1. The van der Waals surface area contributed by atoms with Crippen LogP contribution in [0.1, 0.15) is 54.2 Å². The number of nitrogens with one attached hydrogen (secondary N) is 1. The normalized spacial score (nSPS) is 16.6. The fourth-order valence-electron chi connectivity index (χ4n) is 4.45. The van der Waals surface area contributed by atoms with Crippen LogP contribution in [0.3, 0.4) is 0 Å². The molecule has 2 heterocycles. The number of aromatic carboxylic acids is 1. The van der Waals surface area contributed by atoms with E-state index in [9.17, 15) is 19.8 Å². The first-order chi connectivity index (χ1) is 15.6. The van der Waals surface area contributed by atoms with Gasteiger partial charge in [0.15, 0.2) is 0 Å². The number of anilines is 2. The van der Waals surface area contributed by atoms with Crippen molar-refractivity contribution in [1.82, 2.24) is 9.55 Å². The number of hydrogen-bond donors (Lipinski definition) is 3. The molecule has 174 valence electrons. The van der Waals surface area contributed by atoms with Crippen LogP contribution in [0.2, 0.25) is 0 Å². The van der Waals surface area contributed by atoms with Crippen molar-refractivity contribution in [3.05, 3.63) is 63.4 Å². The van der Waals surface area contributed by atoms with Crippen LogP contribution in [0.4, 0.5) is 11.6 Å². The fourth-order valence-corrected chi connectivity index (χ4v) is 4.45. The third kappa shape index (κ3) is 4.43. The van der Waals surface area contributed by atoms with Gasteiger partial charge in [-0.3, -0.25) is 9.36 Å². The number of aromatic nitrogens is 2. The quantitative estimate of drug-likeness (QED) is 0.546. The maximum Gasteiger partial charge on any atom is 0.337 e. The summed E-state index contributed by atoms with van der Waals surface area (Å²) in [7, 11) is 1.73. The summed E-state index contributed by atoms with van der Waals surface area (Å²) in [5.74, 6) is -0.430. The molecule has 1 aromatic heterocycles. The van der Waals surface area contributed by atoms with E-state index in [1.165, 1.54) is 0 Å². The molecule has 4 rings (SSSR count). The van der Waals surface area contributed by atoms with E-state index in [0.29, 0.717) is 48.5 Å². The molecule has 1 fully saturated rings. The van der Waals surface area contributed by atoms with Crippen molar-refractivity contribution in [3.63, 3.8) is 0 Å². The SMILES string of the molecule is Cc1cc([C@@H](C)Nc2ccccc2C(=O)O)c2nc(N3CCC(C)(O)CC3)n(C)c(=O)c2c1. The van der Waals surface area contributed by atoms with Gasteiger partial charge in [-0.15, -0.1) is 0 Å². The highest BCUT2D eigenvalue weighted by Gasteiger charge is 2.29. The Morgan fingerprint density at radius 1 is 1.21 bits per heavy atom. The number of carboxylic acids is 1. The van der Waals surface area contributed by atoms with Crippen molar-refractivity contribution < 1.29 is 15.0 Å². The molecule has 0 saturated carbocycles. The largest absolute Gasteiger partial charge is 0.478 e. The highest BCUT2D eigenvalue weighted by molar-refractivity contribution is 5.94. The molecule has 3 aromatic rings. The van der Waals surface area contributed by atoms with E-state index in [-0.39, 0.29) is 17.2 Å². The minimum absolute atomic E-state index is 0.129. The average molecular weight is 451 g/mol. The van der Waals surface area contributed by atoms with Crippen LogP contribution in [0.5, 0.6) is 0 Å². The number of aliphatic hydroxyl groups is 1. The Balaban J connectivity index is 1.80. The molecule has 8 nitrogen and oxygen atoms in total. The van der Waals surface area contributed by atoms with Crippen molar-refractivity contribution in [1.29, 1.82) is 0 Å². The van der Waals surface area contributed by atoms with Gasteiger partial charge in [0, 0.05) is 31.4 Å². The van der Waals surface area contributed by atoms with E-state index in [0.717, 1.165) is 11.1 Å². The van der Waals surface area contributed by atoms with Crippen LogP contribution in [0, 0.1) is 6.92 Å². The summed E-state index contributed by atoms with van der Waals surface area (Å²) >= 11 is 0. The van der Waals surface area contributed by atoms with Gasteiger partial charge < -0.3 is 20.4 Å². The second-order valence-corrected chi connectivity index (χ2v) is 9.23. The van der Waals surface area contributed by atoms with Gasteiger partial charge in [-0.05, 0) is 57.4 Å². The topological polar surface area (TPSA) is 108 Å². The Labute approximate surface area is 192 Å². The number of nitrogens with zero attached hydrogens (tertiary/aromatic N) is 3. The zero-order chi connectivity index (χ0) is 23.9. The third-order valence-electron chi connectivity index (χ3n) is 6.45. The lowest BCUT2D eigenvalue weighted by atomic mass is 9.94. The molecule has 0 spiro atoms. The van der Waals surface area contributed by atoms with Gasteiger partial charge in [0.1, 0.15) is 0 Å². The maximum atomic E-state index is 13.3. The molecule has 0 amide bonds. The van der Waals surface area contributed by atoms with Gasteiger partial charge in [0.2, 0.25) is 5.95 Å². The summed E-state index contributed by atoms with van der Waals surface area (Å²) in [4.78, 5) is 31.9. The number of fused-ring (bicyclic) bond motifs is 1. The van der Waals surface area contributed by atoms with Crippen molar-refractivity contribution >= 4 is 28.5 Å². The van der Waals surface area contributed by atoms with Crippen molar-refractivity contribution in [3.8, 4) is 0 Å². The molecule has 0 bridgehead atoms. The minimum Gasteiger partial charge on any atom is -0.478 e. The second kappa shape index (κ2) is 8.51. The molecule has 33 heavy (non-hydrogen) atoms. The molecule has 1 atom stereocenters. The first kappa shape index (κ1) is 22.8. The van der Waals surface area contributed by atoms with E-state index >= 15 is 0 Å². The monoisotopic (exact) mass is 450 g/mol. The van der Waals surface area contributed by atoms with Gasteiger partial charge in [-0.25, -0.2) is 9.78 Å². The highest BCUT2D eigenvalue weighted by atomic mass is 16.4. The number of benzene rings is 2. The smallest absolute Gasteiger partial charge is 0.337 e. The molecule has 1 aliphatic heterocycles. The highest BCUT2D eigenvalue weighted by Crippen LogP contribution is 2.30. The summed E-state index contributed by atoms with van der Waals surface area (Å²) in [6.07, 6.45) is 1.21. The van der Waals surface area contributed by atoms with E-state index in [1.807, 2.05) is 37.8 Å². The number of carboxylic acid groups (broad SMARTS) is 1. The average Bonchev–Trinajstić information content (AvgIpc) is 2.76. The van der Waals surface area contributed by atoms with E-state index in [1.54, 1.807) is 35.9 Å². The predicted molar refractivity (Wildman–Crippen MR) is 129 cm³/mol. The zero-order valence-electron chi connectivity index (χ0n) is 19.4. The molecular weight excluding hydrogens is 420 g/mol. The number of piperidine rings is 1. The molecule has 0 aliphatic carbocycles. The van der Waals surface area contributed by atoms with Crippen LogP contribution in [-0.4, -0.2) is 44.4 Å². The summed E-state index contributed by atoms with van der Waals surface area (Å²) < 4.78 is 1.57. The first-order valence-corrected chi connectivity index (χ1v) is 11.1. The number of aryl methyl sites for hydroxylation is 1. The molecule has 0 unspecified atom stereocenters. The van der Waals surface area contributed by atoms with Gasteiger partial charge >= 0.3 is 5.97 Å². The van der Waals surface area contributed by atoms with E-state index in [4.69, 9.17) is 4.98 Å². The summed E-state index contributed by atoms with van der Waals surface area (Å²) in [6, 6.07) is 10.3. The summed E-state index contributed by atoms with van der Waals surface area (Å²) in [6.45, 7) is 6.92. The van der Waals surface area contributed by atoms with E-state index in [2.05, 4.69) is 5.32 Å². The van der Waals surface area contributed by atoms with Crippen LogP contribution in [-0.2, 0) is 7.05 Å². The van der Waals surface area contributed by atoms with Gasteiger partial charge in [0.05, 0.1) is 28.1 Å². The van der Waals surface area contributed by atoms with Gasteiger partial charge in [-0.1, -0.05) is 18.2 Å². The zero-order valence-corrected chi connectivity index (χ0v) is 19.4. The minimum atomic E-state index is -1.00. The van der Waals surface area contributed by atoms with Crippen molar-refractivity contribution in [2.75, 3.05) is 23.3 Å². The lowest BCUT2D eigenvalue weighted by Gasteiger charge is -2.37. The van der Waals surface area contributed by atoms with Gasteiger partial charge in [-0.2, -0.15) is 0 Å². The van der Waals surface area contributed by atoms with Gasteiger partial charge in [0.25, 0.3) is 5.56 Å². The standard InChI is InChI=1S/C25H30N4O4/c1-15-13-18(16(2)26-20-8-6-5-7-17(20)23(31)32)21-19(14-15)22(30)28(4)24(27-21)29-11-9-25(3,33)10-12-29/h5-8,13-14,16,26,33H,9-12H2,1-4H3,(H,31,32)/t16-/m1/s1. The lowest BCUT2D eigenvalue weighted by Crippen LogP contribution is -2.44. The molecule has 8 heteroatoms. The summed E-state index contributed by atoms with van der Waals surface area (Å²) in [5.41, 5.74) is 2.22. The van der Waals surface area contributed by atoms with Crippen molar-refractivity contribution in [2.45, 2.75) is 45.3 Å². The van der Waals surface area contributed by atoms with Crippen molar-refractivity contribution in [2.24, 2.45) is 7.05 Å². The molecule has 1 saturated heterocycles. The number of rotatable bonds is 5. The molecule has 2 aromatic carbocycles. The fraction of sp³-hybridized carbons (Fsp3) is 0.400. The lowest BCUT2D eigenvalue weighted by molar-refractivity contribution is 0.0347. The number of carbonyl (C=O) groups is 1. The maximum absolute atomic E-state index is 13.3. The Morgan fingerprint density at radius 2 is 1.88 bits per heavy atom. The second-order valence-electron chi connectivity index (χ2n) is 9.23. The Bertz CT molecular complexity index is 1270. The molecular formula is C25H30N4O4. The number of para-hydroxylation sites is 1. The van der Waals surface area contributed by atoms with Crippen LogP contribution in [0.25, 0.3) is 10.9 Å². The molecule has 0 radical (unpaired) electrons. The molecule has 3 N–H and O–H groups in total. The van der Waals surface area contributed by atoms with Crippen LogP contribution >= 0.6 is 0 Å². The summed E-state index contributed by atoms with van der Waals surface area (Å²) in [5, 5.41) is 23.7. The van der Waals surface area contributed by atoms with E-state index < -0.39 is 11.6 Å². The Kier molecular flexibility index (Phi) is 5.88. The number of hydrogen-bond acceptors (Lipinski definition) is 6. The Morgan fingerprint density at radius 3 is 2.55 bits per heavy atom.